The van der Waals surface area contributed by atoms with Gasteiger partial charge >= 0.3 is 18.4 Å². The Morgan fingerprint density at radius 1 is 1.07 bits per heavy atom. The molecule has 2 aromatic carbocycles. The fourth-order valence-corrected chi connectivity index (χ4v) is 6.79. The minimum absolute atomic E-state index is 0.0456. The number of aliphatic carboxylic acids is 1. The molecular weight excluding hydrogens is 593 g/mol. The maximum absolute atomic E-state index is 13.3. The molecule has 6 N–H and O–H groups in total. The Kier molecular flexibility index (Phi) is 7.79. The molecule has 0 aliphatic heterocycles. The van der Waals surface area contributed by atoms with Gasteiger partial charge < -0.3 is 20.3 Å². The maximum atomic E-state index is 13.3. The third-order valence-electron chi connectivity index (χ3n) is 6.70. The molecule has 0 unspecified atom stereocenters. The fraction of sp³-hybridized carbons (Fsp3) is 0.214. The quantitative estimate of drug-likeness (QED) is 0.133. The summed E-state index contributed by atoms with van der Waals surface area (Å²) in [6.07, 6.45) is -5.03. The number of carbonyl (C=O) groups is 2. The largest absolute Gasteiger partial charge is 0.573 e. The molecule has 220 valence electrons. The Balaban J connectivity index is 1.41. The van der Waals surface area contributed by atoms with Crippen LogP contribution in [0.3, 0.4) is 0 Å². The van der Waals surface area contributed by atoms with Gasteiger partial charge in [-0.15, -0.1) is 35.8 Å². The van der Waals surface area contributed by atoms with Gasteiger partial charge in [0, 0.05) is 26.9 Å². The highest BCUT2D eigenvalue weighted by molar-refractivity contribution is 7.30. The predicted molar refractivity (Wildman–Crippen MR) is 153 cm³/mol. The van der Waals surface area contributed by atoms with Gasteiger partial charge in [0.05, 0.1) is 16.0 Å². The van der Waals surface area contributed by atoms with Crippen LogP contribution in [-0.2, 0) is 21.6 Å². The molecule has 2 aromatic heterocycles. The van der Waals surface area contributed by atoms with E-state index in [-0.39, 0.29) is 29.3 Å². The molecule has 0 radical (unpaired) electrons. The number of alkyl halides is 3. The lowest BCUT2D eigenvalue weighted by Gasteiger charge is -2.19. The number of carboxylic acid groups (broad SMARTS) is 1. The summed E-state index contributed by atoms with van der Waals surface area (Å²) in [5, 5.41) is 13.3. The monoisotopic (exact) mass is 618 g/mol. The number of hydrazine groups is 1. The molecular formula is C28H25F3N4O5S2. The second-order valence-corrected chi connectivity index (χ2v) is 11.8. The minimum atomic E-state index is -4.96. The highest BCUT2D eigenvalue weighted by Gasteiger charge is 2.52. The van der Waals surface area contributed by atoms with Crippen LogP contribution in [0.1, 0.15) is 28.8 Å². The van der Waals surface area contributed by atoms with Crippen LogP contribution in [0.25, 0.3) is 25.5 Å². The molecule has 0 saturated heterocycles. The predicted octanol–water partition coefficient (Wildman–Crippen LogP) is 5.96. The lowest BCUT2D eigenvalue weighted by atomic mass is 9.94. The van der Waals surface area contributed by atoms with Crippen LogP contribution < -0.4 is 21.6 Å². The van der Waals surface area contributed by atoms with Crippen LogP contribution in [0.5, 0.6) is 5.75 Å². The number of nitrogens with zero attached hydrogens (tertiary/aromatic N) is 1. The second-order valence-electron chi connectivity index (χ2n) is 9.66. The summed E-state index contributed by atoms with van der Waals surface area (Å²) in [6, 6.07) is 16.7. The van der Waals surface area contributed by atoms with E-state index in [0.717, 1.165) is 26.0 Å². The summed E-state index contributed by atoms with van der Waals surface area (Å²) in [6.45, 7) is 0.0456. The summed E-state index contributed by atoms with van der Waals surface area (Å²) in [4.78, 5) is 25.2. The minimum Gasteiger partial charge on any atom is -0.481 e. The number of nitrogens with two attached hydrogens (primary N) is 2. The van der Waals surface area contributed by atoms with E-state index in [9.17, 15) is 27.9 Å². The molecule has 0 bridgehead atoms. The van der Waals surface area contributed by atoms with Crippen LogP contribution in [0.2, 0.25) is 0 Å². The van der Waals surface area contributed by atoms with Crippen molar-refractivity contribution in [3.05, 3.63) is 82.5 Å². The number of carboxylic acids is 1. The van der Waals surface area contributed by atoms with Crippen molar-refractivity contribution in [2.24, 2.45) is 11.6 Å². The van der Waals surface area contributed by atoms with Gasteiger partial charge in [-0.1, -0.05) is 36.4 Å². The average Bonchev–Trinajstić information content (AvgIpc) is 3.52. The Bertz CT molecular complexity index is 1650. The standard InChI is InChI=1S/C28H25F3N4O5S2/c1-35(33)24(34-26(38)39-14-15-5-3-2-4-6-15)23(32)22-13-21-20(42-22)12-19(41-21)17-8-7-16(27(9-10-27)25(36)37)11-18(17)40-28(29,30)31/h2-8,11-13H,9-10,14,32-33H2,1H3,(H,34,38)(H,36,37)/b24-23-. The summed E-state index contributed by atoms with van der Waals surface area (Å²) in [7, 11) is 1.50. The van der Waals surface area contributed by atoms with E-state index in [1.54, 1.807) is 12.1 Å². The first-order valence-corrected chi connectivity index (χ1v) is 14.1. The molecule has 14 heteroatoms. The van der Waals surface area contributed by atoms with Gasteiger partial charge in [-0.3, -0.25) is 15.1 Å². The molecule has 1 aliphatic carbocycles. The second kappa shape index (κ2) is 11.2. The molecule has 1 aliphatic rings. The average molecular weight is 619 g/mol. The first-order chi connectivity index (χ1) is 19.9. The molecule has 0 spiro atoms. The zero-order chi connectivity index (χ0) is 30.2. The van der Waals surface area contributed by atoms with E-state index < -0.39 is 29.6 Å². The van der Waals surface area contributed by atoms with E-state index in [4.69, 9.17) is 16.3 Å². The topological polar surface area (TPSA) is 140 Å². The molecule has 1 fully saturated rings. The maximum Gasteiger partial charge on any atom is 0.573 e. The van der Waals surface area contributed by atoms with Crippen LogP contribution in [0.15, 0.2) is 66.5 Å². The number of amides is 1. The zero-order valence-corrected chi connectivity index (χ0v) is 23.7. The van der Waals surface area contributed by atoms with Crippen molar-refractivity contribution in [3.8, 4) is 16.2 Å². The number of nitrogens with one attached hydrogen (secondary N) is 1. The van der Waals surface area contributed by atoms with Gasteiger partial charge in [0.25, 0.3) is 0 Å². The third kappa shape index (κ3) is 6.15. The fourth-order valence-electron chi connectivity index (χ4n) is 4.40. The van der Waals surface area contributed by atoms with Gasteiger partial charge in [-0.2, -0.15) is 0 Å². The van der Waals surface area contributed by atoms with E-state index in [1.165, 1.54) is 41.9 Å². The van der Waals surface area contributed by atoms with Crippen molar-refractivity contribution < 1.29 is 37.3 Å². The molecule has 1 amide bonds. The van der Waals surface area contributed by atoms with Crippen molar-refractivity contribution in [3.63, 3.8) is 0 Å². The Morgan fingerprint density at radius 3 is 2.36 bits per heavy atom. The number of benzene rings is 2. The normalized spacial score (nSPS) is 14.7. The number of fused-ring (bicyclic) bond motifs is 1. The van der Waals surface area contributed by atoms with Crippen molar-refractivity contribution in [1.29, 1.82) is 0 Å². The van der Waals surface area contributed by atoms with Gasteiger partial charge in [-0.05, 0) is 48.2 Å². The molecule has 1 saturated carbocycles. The van der Waals surface area contributed by atoms with Crippen molar-refractivity contribution in [2.75, 3.05) is 7.05 Å². The number of halogens is 3. The van der Waals surface area contributed by atoms with Crippen LogP contribution >= 0.6 is 22.7 Å². The summed E-state index contributed by atoms with van der Waals surface area (Å²) < 4.78 is 50.9. The highest BCUT2D eigenvalue weighted by atomic mass is 32.1. The molecule has 42 heavy (non-hydrogen) atoms. The van der Waals surface area contributed by atoms with Gasteiger partial charge in [-0.25, -0.2) is 10.6 Å². The van der Waals surface area contributed by atoms with E-state index in [1.807, 2.05) is 30.3 Å². The van der Waals surface area contributed by atoms with Crippen molar-refractivity contribution >= 4 is 49.8 Å². The van der Waals surface area contributed by atoms with Crippen molar-refractivity contribution in [2.45, 2.75) is 31.2 Å². The first-order valence-electron chi connectivity index (χ1n) is 12.5. The number of alkyl carbamates (subject to hydrolysis) is 1. The van der Waals surface area contributed by atoms with Crippen LogP contribution in [-0.4, -0.2) is 35.6 Å². The number of ether oxygens (including phenoxy) is 2. The number of hydrogen-bond donors (Lipinski definition) is 4. The number of thiophene rings is 2. The molecule has 4 aromatic rings. The first kappa shape index (κ1) is 29.2. The Hall–Kier alpha value is -4.27. The Morgan fingerprint density at radius 2 is 1.76 bits per heavy atom. The molecule has 0 atom stereocenters. The summed E-state index contributed by atoms with van der Waals surface area (Å²) in [5.41, 5.74) is 6.59. The summed E-state index contributed by atoms with van der Waals surface area (Å²) in [5.74, 6) is 4.48. The van der Waals surface area contributed by atoms with E-state index >= 15 is 0 Å². The van der Waals surface area contributed by atoms with E-state index in [2.05, 4.69) is 10.1 Å². The molecule has 9 nitrogen and oxygen atoms in total. The third-order valence-corrected chi connectivity index (χ3v) is 9.06. The van der Waals surface area contributed by atoms with Crippen molar-refractivity contribution in [1.82, 2.24) is 10.3 Å². The molecule has 5 rings (SSSR count). The van der Waals surface area contributed by atoms with Gasteiger partial charge in [0.15, 0.2) is 0 Å². The smallest absolute Gasteiger partial charge is 0.481 e. The Labute approximate surface area is 245 Å². The lowest BCUT2D eigenvalue weighted by Crippen LogP contribution is -2.39. The summed E-state index contributed by atoms with van der Waals surface area (Å²) >= 11 is 2.47. The van der Waals surface area contributed by atoms with Gasteiger partial charge in [0.2, 0.25) is 0 Å². The van der Waals surface area contributed by atoms with Gasteiger partial charge in [0.1, 0.15) is 18.2 Å². The number of hydrogen-bond acceptors (Lipinski definition) is 9. The zero-order valence-electron chi connectivity index (χ0n) is 22.0. The lowest BCUT2D eigenvalue weighted by molar-refractivity contribution is -0.274. The molecule has 2 heterocycles. The highest BCUT2D eigenvalue weighted by Crippen LogP contribution is 2.51. The van der Waals surface area contributed by atoms with Crippen LogP contribution in [0.4, 0.5) is 18.0 Å². The van der Waals surface area contributed by atoms with E-state index in [0.29, 0.717) is 22.6 Å². The van der Waals surface area contributed by atoms with Crippen LogP contribution in [0, 0.1) is 0 Å². The SMILES string of the molecule is CN(N)/C(NC(=O)OCc1ccccc1)=C(\N)c1cc2sc(-c3ccc(C4(C(=O)O)CC4)cc3OC(F)(F)F)cc2s1. The number of rotatable bonds is 9. The number of carbonyl (C=O) groups excluding carboxylic acids is 1.